The van der Waals surface area contributed by atoms with E-state index in [1.54, 1.807) is 0 Å². The molecule has 65 heavy (non-hydrogen) atoms. The Morgan fingerprint density at radius 1 is 0.292 bits per heavy atom. The standard InChI is InChI=1S/C63H54N2/c1-61(2)42-43-62(3,4)60-44-54(40-41-59(60)61)65(52-36-30-46(31-37-52)45-28-34-51(35-29-45)64(49-20-10-6-11-21-49)50-22-12-7-13-23-50)53-38-32-48(33-39-53)63(47-18-8-5-9-19-47)57-26-16-14-24-55(57)56-25-15-17-27-58(56)63/h5-41,44H,42-43H2,1-4H3. The van der Waals surface area contributed by atoms with Crippen LogP contribution in [0.15, 0.2) is 231 Å². The van der Waals surface area contributed by atoms with Crippen molar-refractivity contribution in [2.45, 2.75) is 56.8 Å². The van der Waals surface area contributed by atoms with E-state index in [2.05, 4.69) is 268 Å². The summed E-state index contributed by atoms with van der Waals surface area (Å²) in [5, 5.41) is 0. The van der Waals surface area contributed by atoms with E-state index in [0.717, 1.165) is 34.9 Å². The van der Waals surface area contributed by atoms with Gasteiger partial charge in [-0.3, -0.25) is 0 Å². The van der Waals surface area contributed by atoms with Gasteiger partial charge in [0.25, 0.3) is 0 Å². The molecule has 0 radical (unpaired) electrons. The number of hydrogen-bond donors (Lipinski definition) is 0. The maximum Gasteiger partial charge on any atom is 0.0713 e. The van der Waals surface area contributed by atoms with Crippen LogP contribution < -0.4 is 9.80 Å². The van der Waals surface area contributed by atoms with Crippen LogP contribution >= 0.6 is 0 Å². The van der Waals surface area contributed by atoms with Crippen molar-refractivity contribution in [1.82, 2.24) is 0 Å². The third-order valence-electron chi connectivity index (χ3n) is 14.4. The van der Waals surface area contributed by atoms with E-state index in [0.29, 0.717) is 0 Å². The Morgan fingerprint density at radius 3 is 1.14 bits per heavy atom. The number of hydrogen-bond acceptors (Lipinski definition) is 2. The molecule has 0 heterocycles. The van der Waals surface area contributed by atoms with E-state index in [1.807, 2.05) is 0 Å². The second-order valence-electron chi connectivity index (χ2n) is 19.2. The Labute approximate surface area is 385 Å². The number of nitrogens with zero attached hydrogens (tertiary/aromatic N) is 2. The maximum absolute atomic E-state index is 2.48. The fourth-order valence-electron chi connectivity index (χ4n) is 10.9. The first-order chi connectivity index (χ1) is 31.7. The molecule has 2 heteroatoms. The number of rotatable bonds is 9. The largest absolute Gasteiger partial charge is 0.311 e. The molecule has 0 aliphatic heterocycles. The van der Waals surface area contributed by atoms with Gasteiger partial charge >= 0.3 is 0 Å². The second-order valence-corrected chi connectivity index (χ2v) is 19.2. The Bertz CT molecular complexity index is 3030. The van der Waals surface area contributed by atoms with Gasteiger partial charge in [-0.15, -0.1) is 0 Å². The monoisotopic (exact) mass is 838 g/mol. The van der Waals surface area contributed by atoms with Crippen LogP contribution in [-0.4, -0.2) is 0 Å². The lowest BCUT2D eigenvalue weighted by Crippen LogP contribution is -2.34. The summed E-state index contributed by atoms with van der Waals surface area (Å²) in [6.45, 7) is 9.66. The van der Waals surface area contributed by atoms with Gasteiger partial charge in [0.05, 0.1) is 5.41 Å². The molecule has 0 atom stereocenters. The Kier molecular flexibility index (Phi) is 9.92. The molecule has 0 amide bonds. The minimum atomic E-state index is -0.449. The van der Waals surface area contributed by atoms with E-state index in [-0.39, 0.29) is 10.8 Å². The highest BCUT2D eigenvalue weighted by atomic mass is 15.1. The molecule has 11 rings (SSSR count). The van der Waals surface area contributed by atoms with Gasteiger partial charge in [-0.25, -0.2) is 0 Å². The first-order valence-corrected chi connectivity index (χ1v) is 23.1. The Balaban J connectivity index is 1.01. The molecule has 0 bridgehead atoms. The van der Waals surface area contributed by atoms with E-state index >= 15 is 0 Å². The van der Waals surface area contributed by atoms with Crippen LogP contribution in [0, 0.1) is 0 Å². The van der Waals surface area contributed by atoms with Crippen LogP contribution in [0.2, 0.25) is 0 Å². The molecule has 0 fully saturated rings. The Hall–Kier alpha value is -7.42. The lowest BCUT2D eigenvalue weighted by molar-refractivity contribution is 0.332. The highest BCUT2D eigenvalue weighted by Crippen LogP contribution is 2.56. The predicted octanol–water partition coefficient (Wildman–Crippen LogP) is 17.0. The van der Waals surface area contributed by atoms with Crippen LogP contribution in [0.5, 0.6) is 0 Å². The van der Waals surface area contributed by atoms with Gasteiger partial charge in [-0.1, -0.05) is 185 Å². The van der Waals surface area contributed by atoms with E-state index in [1.165, 1.54) is 67.7 Å². The Morgan fingerprint density at radius 2 is 0.646 bits per heavy atom. The van der Waals surface area contributed by atoms with Crippen LogP contribution in [0.4, 0.5) is 34.1 Å². The van der Waals surface area contributed by atoms with Crippen molar-refractivity contribution >= 4 is 34.1 Å². The fourth-order valence-corrected chi connectivity index (χ4v) is 10.9. The molecular weight excluding hydrogens is 785 g/mol. The zero-order chi connectivity index (χ0) is 44.2. The number of fused-ring (bicyclic) bond motifs is 4. The quantitative estimate of drug-likeness (QED) is 0.143. The molecule has 0 saturated carbocycles. The van der Waals surface area contributed by atoms with Gasteiger partial charge in [0.2, 0.25) is 0 Å². The fraction of sp³-hybridized carbons (Fsp3) is 0.143. The summed E-state index contributed by atoms with van der Waals surface area (Å²) < 4.78 is 0. The highest BCUT2D eigenvalue weighted by Gasteiger charge is 2.46. The summed E-state index contributed by atoms with van der Waals surface area (Å²) in [7, 11) is 0. The molecule has 2 nitrogen and oxygen atoms in total. The summed E-state index contributed by atoms with van der Waals surface area (Å²) in [5.41, 5.74) is 19.6. The lowest BCUT2D eigenvalue weighted by atomic mass is 9.63. The van der Waals surface area contributed by atoms with Gasteiger partial charge in [0, 0.05) is 34.1 Å². The maximum atomic E-state index is 2.48. The van der Waals surface area contributed by atoms with Gasteiger partial charge in [-0.2, -0.15) is 0 Å². The molecule has 0 N–H and O–H groups in total. The van der Waals surface area contributed by atoms with Crippen LogP contribution in [0.1, 0.15) is 73.9 Å². The van der Waals surface area contributed by atoms with Gasteiger partial charge < -0.3 is 9.80 Å². The topological polar surface area (TPSA) is 6.48 Å². The van der Waals surface area contributed by atoms with E-state index in [9.17, 15) is 0 Å². The molecule has 316 valence electrons. The SMILES string of the molecule is CC1(C)CCC(C)(C)c2cc(N(c3ccc(-c4ccc(N(c5ccccc5)c5ccccc5)cc4)cc3)c3ccc(C4(c5ccccc5)c5ccccc5-c5ccccc54)cc3)ccc21. The number of anilines is 6. The number of benzene rings is 9. The molecular formula is C63H54N2. The van der Waals surface area contributed by atoms with Crippen molar-refractivity contribution in [2.75, 3.05) is 9.80 Å². The third-order valence-corrected chi connectivity index (χ3v) is 14.4. The molecule has 2 aliphatic carbocycles. The van der Waals surface area contributed by atoms with Crippen LogP contribution in [0.25, 0.3) is 22.3 Å². The second kappa shape index (κ2) is 16.0. The summed E-state index contributed by atoms with van der Waals surface area (Å²) in [6.07, 6.45) is 2.35. The molecule has 9 aromatic rings. The molecule has 2 aliphatic rings. The summed E-state index contributed by atoms with van der Waals surface area (Å²) >= 11 is 0. The molecule has 0 unspecified atom stereocenters. The first-order valence-electron chi connectivity index (χ1n) is 23.1. The van der Waals surface area contributed by atoms with Crippen LogP contribution in [0.3, 0.4) is 0 Å². The predicted molar refractivity (Wildman–Crippen MR) is 274 cm³/mol. The molecule has 0 spiro atoms. The van der Waals surface area contributed by atoms with Crippen molar-refractivity contribution in [3.63, 3.8) is 0 Å². The van der Waals surface area contributed by atoms with Crippen molar-refractivity contribution in [3.05, 3.63) is 264 Å². The minimum Gasteiger partial charge on any atom is -0.311 e. The molecule has 0 saturated heterocycles. The smallest absolute Gasteiger partial charge is 0.0713 e. The third kappa shape index (κ3) is 6.87. The van der Waals surface area contributed by atoms with Crippen molar-refractivity contribution in [2.24, 2.45) is 0 Å². The first kappa shape index (κ1) is 40.4. The van der Waals surface area contributed by atoms with E-state index in [4.69, 9.17) is 0 Å². The summed E-state index contributed by atoms with van der Waals surface area (Å²) in [5.74, 6) is 0. The van der Waals surface area contributed by atoms with Crippen molar-refractivity contribution in [3.8, 4) is 22.3 Å². The average Bonchev–Trinajstić information content (AvgIpc) is 3.66. The van der Waals surface area contributed by atoms with Gasteiger partial charge in [0.1, 0.15) is 0 Å². The highest BCUT2D eigenvalue weighted by molar-refractivity contribution is 5.87. The van der Waals surface area contributed by atoms with E-state index < -0.39 is 5.41 Å². The van der Waals surface area contributed by atoms with Gasteiger partial charge in [-0.05, 0) is 152 Å². The van der Waals surface area contributed by atoms with Crippen molar-refractivity contribution < 1.29 is 0 Å². The molecule has 9 aromatic carbocycles. The van der Waals surface area contributed by atoms with Gasteiger partial charge in [0.15, 0.2) is 0 Å². The lowest BCUT2D eigenvalue weighted by Gasteiger charge is -2.42. The zero-order valence-electron chi connectivity index (χ0n) is 37.7. The molecule has 0 aromatic heterocycles. The normalized spacial score (nSPS) is 15.0. The summed E-state index contributed by atoms with van der Waals surface area (Å²) in [6, 6.07) is 85.0. The van der Waals surface area contributed by atoms with Crippen molar-refractivity contribution in [1.29, 1.82) is 0 Å². The minimum absolute atomic E-state index is 0.0777. The number of para-hydroxylation sites is 2. The zero-order valence-corrected chi connectivity index (χ0v) is 37.7. The summed E-state index contributed by atoms with van der Waals surface area (Å²) in [4.78, 5) is 4.76. The van der Waals surface area contributed by atoms with Crippen LogP contribution in [-0.2, 0) is 16.2 Å². The average molecular weight is 839 g/mol.